The van der Waals surface area contributed by atoms with Crippen LogP contribution in [0.5, 0.6) is 0 Å². The summed E-state index contributed by atoms with van der Waals surface area (Å²) in [4.78, 5) is 26.5. The number of carbonyl (C=O) groups is 2. The molecule has 0 bridgehead atoms. The van der Waals surface area contributed by atoms with Crippen LogP contribution in [0.3, 0.4) is 0 Å². The number of halogens is 4. The molecule has 0 radical (unpaired) electrons. The highest BCUT2D eigenvalue weighted by molar-refractivity contribution is 5.98. The summed E-state index contributed by atoms with van der Waals surface area (Å²) in [6, 6.07) is 20.0. The van der Waals surface area contributed by atoms with Gasteiger partial charge in [-0.1, -0.05) is 42.5 Å². The zero-order valence-electron chi connectivity index (χ0n) is 19.7. The van der Waals surface area contributed by atoms with Gasteiger partial charge in [0.15, 0.2) is 5.78 Å². The van der Waals surface area contributed by atoms with Crippen molar-refractivity contribution in [3.63, 3.8) is 0 Å². The average Bonchev–Trinajstić information content (AvgIpc) is 2.88. The van der Waals surface area contributed by atoms with Crippen molar-refractivity contribution in [1.29, 1.82) is 0 Å². The monoisotopic (exact) mass is 497 g/mol. The van der Waals surface area contributed by atoms with Crippen molar-refractivity contribution < 1.29 is 27.2 Å². The molecule has 0 aromatic heterocycles. The molecule has 1 amide bonds. The summed E-state index contributed by atoms with van der Waals surface area (Å²) >= 11 is 0. The van der Waals surface area contributed by atoms with E-state index in [1.165, 1.54) is 30.3 Å². The molecule has 3 aromatic rings. The van der Waals surface area contributed by atoms with Gasteiger partial charge in [-0.05, 0) is 79.6 Å². The van der Waals surface area contributed by atoms with Crippen LogP contribution in [0.4, 0.5) is 17.6 Å². The summed E-state index contributed by atoms with van der Waals surface area (Å²) in [6.45, 7) is -0.0166. The molecular weight excluding hydrogens is 470 g/mol. The van der Waals surface area contributed by atoms with Gasteiger partial charge in [0.25, 0.3) is 0 Å². The van der Waals surface area contributed by atoms with E-state index < -0.39 is 23.0 Å². The van der Waals surface area contributed by atoms with Gasteiger partial charge >= 0.3 is 6.18 Å². The third-order valence-corrected chi connectivity index (χ3v) is 7.02. The molecule has 1 saturated carbocycles. The highest BCUT2D eigenvalue weighted by Crippen LogP contribution is 2.43. The third kappa shape index (κ3) is 6.01. The summed E-state index contributed by atoms with van der Waals surface area (Å²) in [5, 5.41) is 2.86. The first kappa shape index (κ1) is 25.6. The normalized spacial score (nSPS) is 20.1. The number of benzene rings is 3. The fourth-order valence-electron chi connectivity index (χ4n) is 4.98. The third-order valence-electron chi connectivity index (χ3n) is 7.02. The molecule has 1 fully saturated rings. The summed E-state index contributed by atoms with van der Waals surface area (Å²) < 4.78 is 52.5. The van der Waals surface area contributed by atoms with Crippen LogP contribution in [0.1, 0.15) is 52.7 Å². The number of nitrogens with one attached hydrogen (secondary N) is 1. The van der Waals surface area contributed by atoms with E-state index in [4.69, 9.17) is 0 Å². The maximum absolute atomic E-state index is 13.5. The van der Waals surface area contributed by atoms with Crippen molar-refractivity contribution in [3.8, 4) is 0 Å². The van der Waals surface area contributed by atoms with Crippen molar-refractivity contribution in [3.05, 3.63) is 107 Å². The van der Waals surface area contributed by atoms with Crippen molar-refractivity contribution >= 4 is 11.7 Å². The number of hydrogen-bond acceptors (Lipinski definition) is 2. The first-order valence-electron chi connectivity index (χ1n) is 11.9. The zero-order valence-corrected chi connectivity index (χ0v) is 19.7. The molecule has 0 saturated heterocycles. The van der Waals surface area contributed by atoms with Gasteiger partial charge in [-0.2, -0.15) is 13.2 Å². The fourth-order valence-corrected chi connectivity index (χ4v) is 4.98. The van der Waals surface area contributed by atoms with Crippen molar-refractivity contribution in [2.75, 3.05) is 0 Å². The van der Waals surface area contributed by atoms with Gasteiger partial charge < -0.3 is 5.32 Å². The second kappa shape index (κ2) is 10.6. The van der Waals surface area contributed by atoms with Crippen molar-refractivity contribution in [1.82, 2.24) is 5.32 Å². The lowest BCUT2D eigenvalue weighted by Gasteiger charge is -2.39. The van der Waals surface area contributed by atoms with Gasteiger partial charge in [-0.15, -0.1) is 0 Å². The second-order valence-corrected chi connectivity index (χ2v) is 9.47. The minimum atomic E-state index is -4.45. The predicted octanol–water partition coefficient (Wildman–Crippen LogP) is 6.76. The number of carbonyl (C=O) groups excluding carboxylic acids is 2. The number of ketones is 1. The van der Waals surface area contributed by atoms with Crippen LogP contribution in [0, 0.1) is 17.2 Å². The summed E-state index contributed by atoms with van der Waals surface area (Å²) in [7, 11) is 0. The Hall–Kier alpha value is -3.48. The number of hydrogen-bond donors (Lipinski definition) is 1. The average molecular weight is 498 g/mol. The summed E-state index contributed by atoms with van der Waals surface area (Å²) in [5.41, 5.74) is 0.269. The minimum absolute atomic E-state index is 0.0166. The first-order valence-corrected chi connectivity index (χ1v) is 11.9. The van der Waals surface area contributed by atoms with Crippen LogP contribution in [-0.2, 0) is 23.9 Å². The molecule has 0 spiro atoms. The van der Waals surface area contributed by atoms with Gasteiger partial charge in [0.1, 0.15) is 5.82 Å². The smallest absolute Gasteiger partial charge is 0.352 e. The van der Waals surface area contributed by atoms with E-state index in [1.54, 1.807) is 6.07 Å². The maximum Gasteiger partial charge on any atom is 0.416 e. The standard InChI is InChI=1S/C29H27F4NO2/c30-25-11-9-22(10-12-25)26(35)23-13-15-28(16-14-23,18-20-5-2-1-3-6-20)27(36)34-19-21-7-4-8-24(17-21)29(31,32)33/h1-12,17,23H,13-16,18-19H2,(H,34,36). The van der Waals surface area contributed by atoms with E-state index in [0.29, 0.717) is 43.2 Å². The molecule has 0 heterocycles. The highest BCUT2D eigenvalue weighted by atomic mass is 19.4. The predicted molar refractivity (Wildman–Crippen MR) is 129 cm³/mol. The quantitative estimate of drug-likeness (QED) is 0.290. The molecule has 0 aliphatic heterocycles. The van der Waals surface area contributed by atoms with E-state index in [9.17, 15) is 27.2 Å². The molecule has 0 atom stereocenters. The van der Waals surface area contributed by atoms with Gasteiger partial charge in [0.2, 0.25) is 5.91 Å². The molecule has 3 aromatic carbocycles. The molecule has 3 nitrogen and oxygen atoms in total. The lowest BCUT2D eigenvalue weighted by molar-refractivity contribution is -0.137. The first-order chi connectivity index (χ1) is 17.2. The van der Waals surface area contributed by atoms with E-state index in [0.717, 1.165) is 17.7 Å². The molecule has 1 aliphatic rings. The molecule has 4 rings (SSSR count). The van der Waals surface area contributed by atoms with Crippen LogP contribution < -0.4 is 5.32 Å². The van der Waals surface area contributed by atoms with Crippen LogP contribution in [0.2, 0.25) is 0 Å². The Morgan fingerprint density at radius 3 is 2.14 bits per heavy atom. The Kier molecular flexibility index (Phi) is 7.57. The molecule has 36 heavy (non-hydrogen) atoms. The van der Waals surface area contributed by atoms with Gasteiger partial charge in [-0.25, -0.2) is 4.39 Å². The molecule has 1 aliphatic carbocycles. The fraction of sp³-hybridized carbons (Fsp3) is 0.310. The lowest BCUT2D eigenvalue weighted by atomic mass is 9.65. The van der Waals surface area contributed by atoms with Crippen LogP contribution >= 0.6 is 0 Å². The van der Waals surface area contributed by atoms with E-state index >= 15 is 0 Å². The van der Waals surface area contributed by atoms with Crippen LogP contribution in [-0.4, -0.2) is 11.7 Å². The van der Waals surface area contributed by atoms with Gasteiger partial charge in [0, 0.05) is 18.0 Å². The number of rotatable bonds is 7. The molecule has 188 valence electrons. The van der Waals surface area contributed by atoms with Gasteiger partial charge in [0.05, 0.1) is 11.0 Å². The zero-order chi connectivity index (χ0) is 25.8. The van der Waals surface area contributed by atoms with Crippen molar-refractivity contribution in [2.45, 2.75) is 44.8 Å². The topological polar surface area (TPSA) is 46.2 Å². The largest absolute Gasteiger partial charge is 0.416 e. The van der Waals surface area contributed by atoms with E-state index in [2.05, 4.69) is 5.32 Å². The number of amides is 1. The van der Waals surface area contributed by atoms with E-state index in [-0.39, 0.29) is 24.2 Å². The lowest BCUT2D eigenvalue weighted by Crippen LogP contribution is -2.45. The Labute approximate surface area is 207 Å². The minimum Gasteiger partial charge on any atom is -0.352 e. The van der Waals surface area contributed by atoms with Crippen LogP contribution in [0.25, 0.3) is 0 Å². The Balaban J connectivity index is 1.49. The summed E-state index contributed by atoms with van der Waals surface area (Å²) in [6.07, 6.45) is -2.05. The number of Topliss-reactive ketones (excluding diaryl/α,β-unsaturated/α-hetero) is 1. The van der Waals surface area contributed by atoms with Crippen molar-refractivity contribution in [2.24, 2.45) is 11.3 Å². The Bertz CT molecular complexity index is 1200. The maximum atomic E-state index is 13.5. The molecular formula is C29H27F4NO2. The van der Waals surface area contributed by atoms with Gasteiger partial charge in [-0.3, -0.25) is 9.59 Å². The Morgan fingerprint density at radius 2 is 1.50 bits per heavy atom. The Morgan fingerprint density at radius 1 is 0.861 bits per heavy atom. The molecule has 0 unspecified atom stereocenters. The van der Waals surface area contributed by atoms with E-state index in [1.807, 2.05) is 30.3 Å². The highest BCUT2D eigenvalue weighted by Gasteiger charge is 2.43. The second-order valence-electron chi connectivity index (χ2n) is 9.47. The SMILES string of the molecule is O=C(c1ccc(F)cc1)C1CCC(Cc2ccccc2)(C(=O)NCc2cccc(C(F)(F)F)c2)CC1. The van der Waals surface area contributed by atoms with Crippen LogP contribution in [0.15, 0.2) is 78.9 Å². The molecule has 1 N–H and O–H groups in total. The summed E-state index contributed by atoms with van der Waals surface area (Å²) in [5.74, 6) is -0.964. The molecule has 7 heteroatoms. The number of alkyl halides is 3.